The molecule has 9 heteroatoms. The van der Waals surface area contributed by atoms with Crippen molar-refractivity contribution < 1.29 is 4.92 Å². The molecule has 0 radical (unpaired) electrons. The maximum absolute atomic E-state index is 11.3. The maximum atomic E-state index is 11.3. The van der Waals surface area contributed by atoms with Gasteiger partial charge in [0.25, 0.3) is 5.69 Å². The highest BCUT2D eigenvalue weighted by molar-refractivity contribution is 6.31. The molecule has 0 unspecified atom stereocenters. The highest BCUT2D eigenvalue weighted by atomic mass is 35.5. The molecular formula is C19H19ClN6O2. The van der Waals surface area contributed by atoms with E-state index in [1.807, 2.05) is 39.0 Å². The first-order valence-electron chi connectivity index (χ1n) is 8.51. The number of benzene rings is 1. The van der Waals surface area contributed by atoms with Crippen LogP contribution in [0.2, 0.25) is 5.02 Å². The van der Waals surface area contributed by atoms with Crippen molar-refractivity contribution >= 4 is 34.7 Å². The summed E-state index contributed by atoms with van der Waals surface area (Å²) in [5, 5.41) is 17.9. The Morgan fingerprint density at radius 2 is 1.86 bits per heavy atom. The van der Waals surface area contributed by atoms with Gasteiger partial charge in [-0.2, -0.15) is 4.98 Å². The second-order valence-electron chi connectivity index (χ2n) is 7.10. The summed E-state index contributed by atoms with van der Waals surface area (Å²) in [6.45, 7) is 5.95. The fourth-order valence-corrected chi connectivity index (χ4v) is 2.63. The SMILES string of the molecule is CC(C)(C)Nc1nc(Nc2cc(Cl)ccc2[N+](=O)[O-])cc(-c2ccccn2)n1. The van der Waals surface area contributed by atoms with Crippen molar-refractivity contribution in [2.45, 2.75) is 26.3 Å². The van der Waals surface area contributed by atoms with Crippen molar-refractivity contribution in [3.05, 3.63) is 63.8 Å². The minimum Gasteiger partial charge on any atom is -0.350 e. The second-order valence-corrected chi connectivity index (χ2v) is 7.53. The summed E-state index contributed by atoms with van der Waals surface area (Å²) in [6, 6.07) is 11.5. The summed E-state index contributed by atoms with van der Waals surface area (Å²) < 4.78 is 0. The Balaban J connectivity index is 2.07. The normalized spacial score (nSPS) is 11.1. The summed E-state index contributed by atoms with van der Waals surface area (Å²) in [5.74, 6) is 0.760. The number of hydrogen-bond donors (Lipinski definition) is 2. The molecule has 0 amide bonds. The molecule has 0 saturated heterocycles. The fraction of sp³-hybridized carbons (Fsp3) is 0.211. The summed E-state index contributed by atoms with van der Waals surface area (Å²) in [6.07, 6.45) is 1.67. The third-order valence-corrected chi connectivity index (χ3v) is 3.79. The fourth-order valence-electron chi connectivity index (χ4n) is 2.45. The molecule has 0 fully saturated rings. The van der Waals surface area contributed by atoms with Crippen LogP contribution in [0.4, 0.5) is 23.1 Å². The molecule has 0 spiro atoms. The number of nitrogens with one attached hydrogen (secondary N) is 2. The quantitative estimate of drug-likeness (QED) is 0.457. The molecule has 0 bridgehead atoms. The molecule has 2 aromatic heterocycles. The summed E-state index contributed by atoms with van der Waals surface area (Å²) >= 11 is 6.02. The lowest BCUT2D eigenvalue weighted by molar-refractivity contribution is -0.383. The van der Waals surface area contributed by atoms with E-state index in [0.717, 1.165) is 0 Å². The Labute approximate surface area is 167 Å². The number of nitro groups is 1. The van der Waals surface area contributed by atoms with Crippen LogP contribution in [0, 0.1) is 10.1 Å². The highest BCUT2D eigenvalue weighted by Crippen LogP contribution is 2.31. The lowest BCUT2D eigenvalue weighted by atomic mass is 10.1. The molecule has 144 valence electrons. The predicted octanol–water partition coefficient (Wildman–Crippen LogP) is 5.05. The van der Waals surface area contributed by atoms with Crippen molar-refractivity contribution in [3.63, 3.8) is 0 Å². The van der Waals surface area contributed by atoms with Crippen molar-refractivity contribution in [2.75, 3.05) is 10.6 Å². The minimum absolute atomic E-state index is 0.104. The third kappa shape index (κ3) is 4.92. The lowest BCUT2D eigenvalue weighted by Crippen LogP contribution is -2.27. The molecule has 3 aromatic rings. The zero-order chi connectivity index (χ0) is 20.3. The topological polar surface area (TPSA) is 106 Å². The molecular weight excluding hydrogens is 380 g/mol. The number of nitrogens with zero attached hydrogens (tertiary/aromatic N) is 4. The van der Waals surface area contributed by atoms with Crippen molar-refractivity contribution in [2.24, 2.45) is 0 Å². The number of aromatic nitrogens is 3. The Bertz CT molecular complexity index is 1010. The molecule has 28 heavy (non-hydrogen) atoms. The van der Waals surface area contributed by atoms with Gasteiger partial charge < -0.3 is 10.6 Å². The maximum Gasteiger partial charge on any atom is 0.292 e. The van der Waals surface area contributed by atoms with Gasteiger partial charge in [0.05, 0.1) is 16.3 Å². The first kappa shape index (κ1) is 19.5. The number of rotatable bonds is 5. The number of anilines is 3. The molecule has 0 atom stereocenters. The first-order chi connectivity index (χ1) is 13.2. The number of nitro benzene ring substituents is 1. The van der Waals surface area contributed by atoms with Crippen LogP contribution in [-0.2, 0) is 0 Å². The van der Waals surface area contributed by atoms with Crippen molar-refractivity contribution in [1.82, 2.24) is 15.0 Å². The van der Waals surface area contributed by atoms with Crippen molar-refractivity contribution in [1.29, 1.82) is 0 Å². The van der Waals surface area contributed by atoms with Crippen molar-refractivity contribution in [3.8, 4) is 11.4 Å². The van der Waals surface area contributed by atoms with E-state index < -0.39 is 4.92 Å². The van der Waals surface area contributed by atoms with Gasteiger partial charge >= 0.3 is 0 Å². The molecule has 3 rings (SSSR count). The van der Waals surface area contributed by atoms with Gasteiger partial charge in [-0.15, -0.1) is 0 Å². The molecule has 2 heterocycles. The van der Waals surface area contributed by atoms with Crippen LogP contribution in [0.15, 0.2) is 48.7 Å². The van der Waals surface area contributed by atoms with Gasteiger partial charge in [-0.25, -0.2) is 4.98 Å². The van der Waals surface area contributed by atoms with Gasteiger partial charge in [0.1, 0.15) is 11.5 Å². The van der Waals surface area contributed by atoms with Gasteiger partial charge in [0.2, 0.25) is 5.95 Å². The van der Waals surface area contributed by atoms with Crippen LogP contribution in [0.3, 0.4) is 0 Å². The van der Waals surface area contributed by atoms with Crippen LogP contribution < -0.4 is 10.6 Å². The van der Waals surface area contributed by atoms with Gasteiger partial charge in [-0.1, -0.05) is 17.7 Å². The van der Waals surface area contributed by atoms with Crippen LogP contribution in [0.5, 0.6) is 0 Å². The summed E-state index contributed by atoms with van der Waals surface area (Å²) in [4.78, 5) is 24.1. The average molecular weight is 399 g/mol. The standard InChI is InChI=1S/C19H19ClN6O2/c1-19(2,3)25-18-23-14(13-6-4-5-9-21-13)11-17(24-18)22-15-10-12(20)7-8-16(15)26(27)28/h4-11H,1-3H3,(H2,22,23,24,25). The van der Waals surface area contributed by atoms with E-state index in [-0.39, 0.29) is 16.9 Å². The minimum atomic E-state index is -0.478. The van der Waals surface area contributed by atoms with Crippen LogP contribution in [-0.4, -0.2) is 25.4 Å². The van der Waals surface area contributed by atoms with Crippen LogP contribution in [0.25, 0.3) is 11.4 Å². The summed E-state index contributed by atoms with van der Waals surface area (Å²) in [5.41, 5.74) is 1.10. The first-order valence-corrected chi connectivity index (χ1v) is 8.89. The molecule has 0 aliphatic heterocycles. The number of hydrogen-bond acceptors (Lipinski definition) is 7. The largest absolute Gasteiger partial charge is 0.350 e. The highest BCUT2D eigenvalue weighted by Gasteiger charge is 2.18. The lowest BCUT2D eigenvalue weighted by Gasteiger charge is -2.21. The molecule has 8 nitrogen and oxygen atoms in total. The van der Waals surface area contributed by atoms with Gasteiger partial charge in [0.15, 0.2) is 0 Å². The molecule has 0 aliphatic carbocycles. The Hall–Kier alpha value is -3.26. The van der Waals surface area contributed by atoms with E-state index in [9.17, 15) is 10.1 Å². The van der Waals surface area contributed by atoms with Gasteiger partial charge in [-0.05, 0) is 45.0 Å². The number of pyridine rings is 1. The average Bonchev–Trinajstić information content (AvgIpc) is 2.60. The monoisotopic (exact) mass is 398 g/mol. The van der Waals surface area contributed by atoms with E-state index in [1.54, 1.807) is 12.3 Å². The Kier molecular flexibility index (Phi) is 5.41. The molecule has 2 N–H and O–H groups in total. The molecule has 0 saturated carbocycles. The van der Waals surface area contributed by atoms with Gasteiger partial charge in [-0.3, -0.25) is 15.1 Å². The molecule has 1 aromatic carbocycles. The van der Waals surface area contributed by atoms with E-state index in [2.05, 4.69) is 25.6 Å². The van der Waals surface area contributed by atoms with E-state index in [1.165, 1.54) is 18.2 Å². The van der Waals surface area contributed by atoms with E-state index in [4.69, 9.17) is 11.6 Å². The van der Waals surface area contributed by atoms with E-state index >= 15 is 0 Å². The van der Waals surface area contributed by atoms with Crippen LogP contribution >= 0.6 is 11.6 Å². The Morgan fingerprint density at radius 3 is 2.50 bits per heavy atom. The zero-order valence-electron chi connectivity index (χ0n) is 15.6. The van der Waals surface area contributed by atoms with Gasteiger partial charge in [0, 0.05) is 28.9 Å². The van der Waals surface area contributed by atoms with E-state index in [0.29, 0.717) is 28.2 Å². The smallest absolute Gasteiger partial charge is 0.292 e. The third-order valence-electron chi connectivity index (χ3n) is 3.56. The Morgan fingerprint density at radius 1 is 1.07 bits per heavy atom. The second kappa shape index (κ2) is 7.77. The number of halogens is 1. The predicted molar refractivity (Wildman–Crippen MR) is 110 cm³/mol. The molecule has 0 aliphatic rings. The summed E-state index contributed by atoms with van der Waals surface area (Å²) in [7, 11) is 0. The zero-order valence-corrected chi connectivity index (χ0v) is 16.4. The van der Waals surface area contributed by atoms with Crippen LogP contribution in [0.1, 0.15) is 20.8 Å².